The number of aromatic nitrogens is 2. The third-order valence-electron chi connectivity index (χ3n) is 9.68. The van der Waals surface area contributed by atoms with E-state index in [1.807, 2.05) is 30.3 Å². The van der Waals surface area contributed by atoms with Crippen molar-refractivity contribution >= 4 is 54.3 Å². The Bertz CT molecular complexity index is 2890. The number of hydrogen-bond acceptors (Lipinski definition) is 3. The maximum absolute atomic E-state index is 6.51. The van der Waals surface area contributed by atoms with Crippen LogP contribution in [0.3, 0.4) is 0 Å². The van der Waals surface area contributed by atoms with Gasteiger partial charge in [0.15, 0.2) is 5.82 Å². The summed E-state index contributed by atoms with van der Waals surface area (Å²) in [5.74, 6) is 0.687. The smallest absolute Gasteiger partial charge is 0.160 e. The quantitative estimate of drug-likeness (QED) is 0.144. The molecule has 0 bridgehead atoms. The molecule has 0 radical (unpaired) electrons. The molecule has 8 aromatic carbocycles. The molecular formula is C46H28N2O. The van der Waals surface area contributed by atoms with E-state index in [9.17, 15) is 0 Å². The van der Waals surface area contributed by atoms with Crippen LogP contribution >= 0.6 is 0 Å². The highest BCUT2D eigenvalue weighted by Crippen LogP contribution is 2.43. The predicted octanol–water partition coefficient (Wildman–Crippen LogP) is 12.5. The zero-order chi connectivity index (χ0) is 32.3. The van der Waals surface area contributed by atoms with E-state index in [-0.39, 0.29) is 0 Å². The minimum absolute atomic E-state index is 0.687. The van der Waals surface area contributed by atoms with Crippen LogP contribution in [-0.4, -0.2) is 9.97 Å². The fourth-order valence-electron chi connectivity index (χ4n) is 7.43. The Morgan fingerprint density at radius 1 is 0.367 bits per heavy atom. The van der Waals surface area contributed by atoms with E-state index in [0.717, 1.165) is 66.5 Å². The molecule has 3 heteroatoms. The summed E-state index contributed by atoms with van der Waals surface area (Å²) in [6.45, 7) is 0. The van der Waals surface area contributed by atoms with Gasteiger partial charge in [0, 0.05) is 33.0 Å². The van der Waals surface area contributed by atoms with Crippen LogP contribution in [0.15, 0.2) is 174 Å². The lowest BCUT2D eigenvalue weighted by atomic mass is 9.90. The van der Waals surface area contributed by atoms with Gasteiger partial charge in [-0.25, -0.2) is 9.97 Å². The number of benzene rings is 8. The molecule has 0 amide bonds. The van der Waals surface area contributed by atoms with Gasteiger partial charge in [-0.3, -0.25) is 0 Å². The monoisotopic (exact) mass is 624 g/mol. The molecule has 2 aromatic heterocycles. The van der Waals surface area contributed by atoms with E-state index < -0.39 is 0 Å². The first kappa shape index (κ1) is 27.5. The van der Waals surface area contributed by atoms with Crippen molar-refractivity contribution < 1.29 is 4.42 Å². The minimum Gasteiger partial charge on any atom is -0.455 e. The fraction of sp³-hybridized carbons (Fsp3) is 0. The van der Waals surface area contributed by atoms with E-state index in [1.165, 1.54) is 26.9 Å². The summed E-state index contributed by atoms with van der Waals surface area (Å²) in [5.41, 5.74) is 8.69. The molecule has 0 fully saturated rings. The molecule has 10 rings (SSSR count). The molecule has 0 atom stereocenters. The third-order valence-corrected chi connectivity index (χ3v) is 9.68. The first-order chi connectivity index (χ1) is 24.3. The van der Waals surface area contributed by atoms with Crippen LogP contribution in [0.1, 0.15) is 0 Å². The SMILES string of the molecule is c1ccc(-c2nc(-c3ccccc3-c3cccc4c3oc3ccccc34)cc(-c3c4ccccc4cc4c3ccc3ccccc34)n2)cc1. The van der Waals surface area contributed by atoms with Gasteiger partial charge in [0.05, 0.1) is 11.4 Å². The first-order valence-electron chi connectivity index (χ1n) is 16.6. The van der Waals surface area contributed by atoms with E-state index >= 15 is 0 Å². The lowest BCUT2D eigenvalue weighted by Crippen LogP contribution is -1.98. The molecule has 49 heavy (non-hydrogen) atoms. The zero-order valence-corrected chi connectivity index (χ0v) is 26.5. The van der Waals surface area contributed by atoms with Crippen LogP contribution in [0.2, 0.25) is 0 Å². The minimum atomic E-state index is 0.687. The van der Waals surface area contributed by atoms with Crippen LogP contribution in [0, 0.1) is 0 Å². The number of furan rings is 1. The maximum atomic E-state index is 6.51. The molecule has 228 valence electrons. The highest BCUT2D eigenvalue weighted by molar-refractivity contribution is 6.20. The lowest BCUT2D eigenvalue weighted by Gasteiger charge is -2.16. The van der Waals surface area contributed by atoms with Gasteiger partial charge in [0.25, 0.3) is 0 Å². The molecule has 0 aliphatic carbocycles. The van der Waals surface area contributed by atoms with Crippen molar-refractivity contribution in [2.45, 2.75) is 0 Å². The fourth-order valence-corrected chi connectivity index (χ4v) is 7.43. The van der Waals surface area contributed by atoms with E-state index in [1.54, 1.807) is 0 Å². The van der Waals surface area contributed by atoms with Gasteiger partial charge in [-0.1, -0.05) is 152 Å². The molecule has 3 nitrogen and oxygen atoms in total. The van der Waals surface area contributed by atoms with Crippen LogP contribution in [0.5, 0.6) is 0 Å². The Morgan fingerprint density at radius 2 is 1.02 bits per heavy atom. The van der Waals surface area contributed by atoms with Gasteiger partial charge in [-0.15, -0.1) is 0 Å². The molecular weight excluding hydrogens is 597 g/mol. The Kier molecular flexibility index (Phi) is 6.18. The van der Waals surface area contributed by atoms with Crippen LogP contribution < -0.4 is 0 Å². The second kappa shape index (κ2) is 11.0. The van der Waals surface area contributed by atoms with Crippen molar-refractivity contribution in [1.29, 1.82) is 0 Å². The Labute approximate surface area is 282 Å². The third kappa shape index (κ3) is 4.44. The zero-order valence-electron chi connectivity index (χ0n) is 26.5. The number of fused-ring (bicyclic) bond motifs is 7. The van der Waals surface area contributed by atoms with Crippen LogP contribution in [0.4, 0.5) is 0 Å². The summed E-state index contributed by atoms with van der Waals surface area (Å²) >= 11 is 0. The van der Waals surface area contributed by atoms with Crippen molar-refractivity contribution in [3.05, 3.63) is 170 Å². The van der Waals surface area contributed by atoms with Gasteiger partial charge in [0.2, 0.25) is 0 Å². The van der Waals surface area contributed by atoms with E-state index in [0.29, 0.717) is 5.82 Å². The summed E-state index contributed by atoms with van der Waals surface area (Å²) in [7, 11) is 0. The van der Waals surface area contributed by atoms with Crippen molar-refractivity contribution in [2.24, 2.45) is 0 Å². The van der Waals surface area contributed by atoms with Crippen molar-refractivity contribution in [3.63, 3.8) is 0 Å². The molecule has 0 unspecified atom stereocenters. The molecule has 2 heterocycles. The molecule has 0 spiro atoms. The number of hydrogen-bond donors (Lipinski definition) is 0. The molecule has 0 aliphatic heterocycles. The average Bonchev–Trinajstić information content (AvgIpc) is 3.56. The predicted molar refractivity (Wildman–Crippen MR) is 204 cm³/mol. The molecule has 0 N–H and O–H groups in total. The van der Waals surface area contributed by atoms with Gasteiger partial charge in [-0.05, 0) is 56.1 Å². The molecule has 0 aliphatic rings. The van der Waals surface area contributed by atoms with Crippen molar-refractivity contribution in [2.75, 3.05) is 0 Å². The molecule has 0 saturated carbocycles. The molecule has 10 aromatic rings. The van der Waals surface area contributed by atoms with E-state index in [4.69, 9.17) is 14.4 Å². The molecule has 0 saturated heterocycles. The van der Waals surface area contributed by atoms with Gasteiger partial charge < -0.3 is 4.42 Å². The number of para-hydroxylation sites is 2. The summed E-state index contributed by atoms with van der Waals surface area (Å²) in [5, 5.41) is 9.39. The first-order valence-corrected chi connectivity index (χ1v) is 16.6. The van der Waals surface area contributed by atoms with Gasteiger partial charge in [-0.2, -0.15) is 0 Å². The Morgan fingerprint density at radius 3 is 1.90 bits per heavy atom. The van der Waals surface area contributed by atoms with Crippen molar-refractivity contribution in [1.82, 2.24) is 9.97 Å². The van der Waals surface area contributed by atoms with Gasteiger partial charge in [0.1, 0.15) is 11.2 Å². The summed E-state index contributed by atoms with van der Waals surface area (Å²) < 4.78 is 6.51. The average molecular weight is 625 g/mol. The van der Waals surface area contributed by atoms with Crippen LogP contribution in [-0.2, 0) is 0 Å². The Hall–Kier alpha value is -6.58. The number of nitrogens with zero attached hydrogens (tertiary/aromatic N) is 2. The van der Waals surface area contributed by atoms with E-state index in [2.05, 4.69) is 140 Å². The van der Waals surface area contributed by atoms with Crippen LogP contribution in [0.25, 0.3) is 99.3 Å². The van der Waals surface area contributed by atoms with Gasteiger partial charge >= 0.3 is 0 Å². The summed E-state index contributed by atoms with van der Waals surface area (Å²) in [6.07, 6.45) is 0. The van der Waals surface area contributed by atoms with Crippen molar-refractivity contribution in [3.8, 4) is 45.0 Å². The Balaban J connectivity index is 1.28. The maximum Gasteiger partial charge on any atom is 0.160 e. The second-order valence-electron chi connectivity index (χ2n) is 12.5. The summed E-state index contributed by atoms with van der Waals surface area (Å²) in [4.78, 5) is 10.6. The second-order valence-corrected chi connectivity index (χ2v) is 12.5. The largest absolute Gasteiger partial charge is 0.455 e. The highest BCUT2D eigenvalue weighted by atomic mass is 16.3. The standard InChI is InChI=1S/C46H28N2O/c1-2-14-30(15-3-1)46-47-41(35-20-9-8-19-34(35)38-22-12-23-39-36-21-10-11-24-43(36)49-45(38)39)28-42(48-46)44-33-18-7-5-16-31(33)27-40-32-17-6-4-13-29(32)25-26-37(40)44/h1-28H. The highest BCUT2D eigenvalue weighted by Gasteiger charge is 2.20. The lowest BCUT2D eigenvalue weighted by molar-refractivity contribution is 0.670. The normalized spacial score (nSPS) is 11.7. The summed E-state index contributed by atoms with van der Waals surface area (Å²) in [6, 6.07) is 59.6. The number of rotatable bonds is 4. The topological polar surface area (TPSA) is 38.9 Å².